The van der Waals surface area contributed by atoms with Crippen LogP contribution >= 0.6 is 0 Å². The maximum atomic E-state index is 4.67. The molecule has 0 radical (unpaired) electrons. The van der Waals surface area contributed by atoms with Gasteiger partial charge in [0.05, 0.1) is 11.0 Å². The van der Waals surface area contributed by atoms with Gasteiger partial charge in [-0.3, -0.25) is 10.2 Å². The number of rotatable bonds is 6. The summed E-state index contributed by atoms with van der Waals surface area (Å²) < 4.78 is 2.01. The topological polar surface area (TPSA) is 99.6 Å². The van der Waals surface area contributed by atoms with Gasteiger partial charge in [0.2, 0.25) is 11.9 Å². The lowest BCUT2D eigenvalue weighted by Crippen LogP contribution is -2.38. The van der Waals surface area contributed by atoms with E-state index in [0.29, 0.717) is 23.6 Å². The third kappa shape index (κ3) is 4.06. The average molecular weight is 454 g/mol. The molecule has 0 spiro atoms. The fourth-order valence-corrected chi connectivity index (χ4v) is 4.63. The number of aromatic amines is 1. The van der Waals surface area contributed by atoms with Gasteiger partial charge >= 0.3 is 0 Å². The zero-order valence-corrected chi connectivity index (χ0v) is 19.1. The molecule has 3 N–H and O–H groups in total. The summed E-state index contributed by atoms with van der Waals surface area (Å²) in [7, 11) is 1.98. The Hall–Kier alpha value is -3.98. The highest BCUT2D eigenvalue weighted by Crippen LogP contribution is 2.25. The first kappa shape index (κ1) is 20.6. The Morgan fingerprint density at radius 3 is 2.59 bits per heavy atom. The molecular formula is C25H27N9. The Morgan fingerprint density at radius 2 is 1.76 bits per heavy atom. The molecular weight excluding hydrogens is 426 g/mol. The summed E-state index contributed by atoms with van der Waals surface area (Å²) in [4.78, 5) is 24.0. The fraction of sp³-hybridized carbons (Fsp3) is 0.280. The predicted molar refractivity (Wildman–Crippen MR) is 134 cm³/mol. The van der Waals surface area contributed by atoms with E-state index >= 15 is 0 Å². The minimum atomic E-state index is 0.365. The normalized spacial score (nSPS) is 15.2. The van der Waals surface area contributed by atoms with Gasteiger partial charge in [0.1, 0.15) is 11.8 Å². The average Bonchev–Trinajstić information content (AvgIpc) is 3.42. The first-order valence-electron chi connectivity index (χ1n) is 11.6. The predicted octanol–water partition coefficient (Wildman–Crippen LogP) is 4.06. The summed E-state index contributed by atoms with van der Waals surface area (Å²) in [6.07, 6.45) is 3.70. The number of hydrogen-bond acceptors (Lipinski definition) is 7. The van der Waals surface area contributed by atoms with Crippen molar-refractivity contribution < 1.29 is 0 Å². The highest BCUT2D eigenvalue weighted by atomic mass is 15.3. The monoisotopic (exact) mass is 453 g/mol. The molecule has 1 saturated heterocycles. The van der Waals surface area contributed by atoms with Crippen molar-refractivity contribution in [2.45, 2.75) is 25.4 Å². The lowest BCUT2D eigenvalue weighted by atomic mass is 10.0. The minimum absolute atomic E-state index is 0.365. The lowest BCUT2D eigenvalue weighted by Gasteiger charge is -2.32. The molecule has 0 saturated carbocycles. The number of aryl methyl sites for hydroxylation is 1. The molecule has 4 heterocycles. The smallest absolute Gasteiger partial charge is 0.210 e. The Labute approximate surface area is 197 Å². The van der Waals surface area contributed by atoms with Gasteiger partial charge in [-0.2, -0.15) is 4.98 Å². The van der Waals surface area contributed by atoms with Crippen molar-refractivity contribution in [2.24, 2.45) is 7.05 Å². The van der Waals surface area contributed by atoms with Crippen molar-refractivity contribution in [3.05, 3.63) is 66.5 Å². The van der Waals surface area contributed by atoms with E-state index < -0.39 is 0 Å². The molecule has 1 aliphatic rings. The van der Waals surface area contributed by atoms with Crippen LogP contribution in [0.5, 0.6) is 0 Å². The van der Waals surface area contributed by atoms with E-state index in [4.69, 9.17) is 0 Å². The number of piperidine rings is 1. The quantitative estimate of drug-likeness (QED) is 0.356. The summed E-state index contributed by atoms with van der Waals surface area (Å²) in [5, 5.41) is 6.91. The molecule has 1 fully saturated rings. The fourth-order valence-electron chi connectivity index (χ4n) is 4.63. The molecule has 0 aliphatic carbocycles. The minimum Gasteiger partial charge on any atom is -0.365 e. The SMILES string of the molecule is Cn1c(Nc2nc3ncnc(NC4CCN(Cc5ccccc5)CC4)c3[nH]2)nc2ccccc21. The molecule has 9 heteroatoms. The largest absolute Gasteiger partial charge is 0.365 e. The first-order valence-corrected chi connectivity index (χ1v) is 11.6. The summed E-state index contributed by atoms with van der Waals surface area (Å²) in [6.45, 7) is 3.12. The zero-order valence-electron chi connectivity index (χ0n) is 19.1. The number of imidazole rings is 2. The third-order valence-electron chi connectivity index (χ3n) is 6.48. The number of anilines is 3. The number of para-hydroxylation sites is 2. The van der Waals surface area contributed by atoms with Gasteiger partial charge in [-0.1, -0.05) is 42.5 Å². The summed E-state index contributed by atoms with van der Waals surface area (Å²) >= 11 is 0. The molecule has 2 aromatic carbocycles. The number of aromatic nitrogens is 6. The zero-order chi connectivity index (χ0) is 22.9. The summed E-state index contributed by atoms with van der Waals surface area (Å²) in [5.74, 6) is 2.10. The van der Waals surface area contributed by atoms with E-state index in [1.807, 2.05) is 35.9 Å². The molecule has 0 unspecified atom stereocenters. The van der Waals surface area contributed by atoms with Gasteiger partial charge < -0.3 is 14.9 Å². The molecule has 5 aromatic rings. The lowest BCUT2D eigenvalue weighted by molar-refractivity contribution is 0.211. The van der Waals surface area contributed by atoms with Crippen LogP contribution < -0.4 is 10.6 Å². The third-order valence-corrected chi connectivity index (χ3v) is 6.48. The number of likely N-dealkylation sites (tertiary alicyclic amines) is 1. The highest BCUT2D eigenvalue weighted by molar-refractivity contribution is 5.85. The summed E-state index contributed by atoms with van der Waals surface area (Å²) in [5.41, 5.74) is 4.78. The van der Waals surface area contributed by atoms with Gasteiger partial charge in [-0.05, 0) is 30.5 Å². The highest BCUT2D eigenvalue weighted by Gasteiger charge is 2.21. The first-order chi connectivity index (χ1) is 16.7. The van der Waals surface area contributed by atoms with Crippen molar-refractivity contribution in [2.75, 3.05) is 23.7 Å². The number of fused-ring (bicyclic) bond motifs is 2. The molecule has 9 nitrogen and oxygen atoms in total. The molecule has 0 atom stereocenters. The van der Waals surface area contributed by atoms with Crippen LogP contribution in [0.15, 0.2) is 60.9 Å². The Bertz CT molecular complexity index is 1410. The van der Waals surface area contributed by atoms with Crippen LogP contribution in [0.4, 0.5) is 17.7 Å². The van der Waals surface area contributed by atoms with Crippen molar-refractivity contribution >= 4 is 39.9 Å². The standard InChI is InChI=1S/C25H27N9/c1-33-20-10-6-5-9-19(20)29-25(33)32-24-30-21-22(26-16-27-23(21)31-24)28-18-11-13-34(14-12-18)15-17-7-3-2-4-8-17/h2-10,16,18H,11-15H2,1H3,(H3,26,27,28,29,30,31,32). The second-order valence-corrected chi connectivity index (χ2v) is 8.79. The van der Waals surface area contributed by atoms with Crippen LogP contribution in [-0.2, 0) is 13.6 Å². The molecule has 0 amide bonds. The van der Waals surface area contributed by atoms with Crippen molar-refractivity contribution in [3.63, 3.8) is 0 Å². The number of H-pyrrole nitrogens is 1. The van der Waals surface area contributed by atoms with Crippen LogP contribution in [0.2, 0.25) is 0 Å². The van der Waals surface area contributed by atoms with E-state index in [1.54, 1.807) is 6.33 Å². The molecule has 0 bridgehead atoms. The molecule has 3 aromatic heterocycles. The van der Waals surface area contributed by atoms with E-state index in [2.05, 4.69) is 70.8 Å². The number of benzene rings is 2. The second kappa shape index (κ2) is 8.75. The van der Waals surface area contributed by atoms with Crippen LogP contribution in [-0.4, -0.2) is 53.5 Å². The van der Waals surface area contributed by atoms with E-state index in [1.165, 1.54) is 5.56 Å². The second-order valence-electron chi connectivity index (χ2n) is 8.79. The van der Waals surface area contributed by atoms with Crippen LogP contribution in [0, 0.1) is 0 Å². The van der Waals surface area contributed by atoms with Gasteiger partial charge in [-0.25, -0.2) is 15.0 Å². The van der Waals surface area contributed by atoms with Crippen molar-refractivity contribution in [1.29, 1.82) is 0 Å². The van der Waals surface area contributed by atoms with Crippen LogP contribution in [0.3, 0.4) is 0 Å². The number of hydrogen-bond donors (Lipinski definition) is 3. The van der Waals surface area contributed by atoms with E-state index in [0.717, 1.165) is 54.8 Å². The summed E-state index contributed by atoms with van der Waals surface area (Å²) in [6, 6.07) is 19.1. The molecule has 34 heavy (non-hydrogen) atoms. The number of nitrogens with zero attached hydrogens (tertiary/aromatic N) is 6. The Balaban J connectivity index is 1.15. The molecule has 6 rings (SSSR count). The van der Waals surface area contributed by atoms with Crippen LogP contribution in [0.25, 0.3) is 22.2 Å². The molecule has 172 valence electrons. The maximum absolute atomic E-state index is 4.67. The van der Waals surface area contributed by atoms with E-state index in [-0.39, 0.29) is 0 Å². The molecule has 1 aliphatic heterocycles. The van der Waals surface area contributed by atoms with Gasteiger partial charge in [0, 0.05) is 32.7 Å². The van der Waals surface area contributed by atoms with Gasteiger partial charge in [-0.15, -0.1) is 0 Å². The van der Waals surface area contributed by atoms with Gasteiger partial charge in [0.15, 0.2) is 11.5 Å². The van der Waals surface area contributed by atoms with Crippen molar-refractivity contribution in [1.82, 2.24) is 34.4 Å². The van der Waals surface area contributed by atoms with Gasteiger partial charge in [0.25, 0.3) is 0 Å². The Morgan fingerprint density at radius 1 is 0.971 bits per heavy atom. The van der Waals surface area contributed by atoms with Crippen LogP contribution in [0.1, 0.15) is 18.4 Å². The maximum Gasteiger partial charge on any atom is 0.210 e. The number of nitrogens with one attached hydrogen (secondary N) is 3. The van der Waals surface area contributed by atoms with Crippen molar-refractivity contribution in [3.8, 4) is 0 Å². The Kier molecular flexibility index (Phi) is 5.31. The van der Waals surface area contributed by atoms with E-state index in [9.17, 15) is 0 Å².